The number of halogens is 6. The van der Waals surface area contributed by atoms with Crippen LogP contribution in [0.3, 0.4) is 0 Å². The Morgan fingerprint density at radius 1 is 0.651 bits per heavy atom. The number of aromatic nitrogens is 2. The normalized spacial score (nSPS) is 14.5. The third-order valence-corrected chi connectivity index (χ3v) is 14.4. The summed E-state index contributed by atoms with van der Waals surface area (Å²) in [5, 5.41) is 14.5. The molecular formula is C38H26F6N6O9S4. The molecule has 328 valence electrons. The number of amides is 3. The maximum absolute atomic E-state index is 12.9. The van der Waals surface area contributed by atoms with E-state index in [0.717, 1.165) is 18.5 Å². The van der Waals surface area contributed by atoms with Gasteiger partial charge in [0.25, 0.3) is 17.7 Å². The van der Waals surface area contributed by atoms with Crippen LogP contribution in [0.25, 0.3) is 0 Å². The average Bonchev–Trinajstić information content (AvgIpc) is 3.91. The molecule has 0 aliphatic carbocycles. The van der Waals surface area contributed by atoms with E-state index in [1.165, 1.54) is 72.8 Å². The molecule has 4 aromatic carbocycles. The smallest absolute Gasteiger partial charge is 0.443 e. The van der Waals surface area contributed by atoms with Gasteiger partial charge in [0.05, 0.1) is 54.2 Å². The van der Waals surface area contributed by atoms with Crippen molar-refractivity contribution in [3.05, 3.63) is 139 Å². The Morgan fingerprint density at radius 3 is 1.51 bits per heavy atom. The lowest BCUT2D eigenvalue weighted by atomic mass is 10.1. The molecule has 0 saturated carbocycles. The SMILES string of the molecule is NCc1cnc(C(F)(F)F)s1.O=C(NCc1cnc(C(F)(F)F)s1)c1ccc2c(c1)NC(=O)c1ccccc1S2(=O)=O.O=C(O)c1ccc2c(c1)NC(=O)c1ccccc1S2(=O)=O. The monoisotopic (exact) mass is 952 g/mol. The van der Waals surface area contributed by atoms with E-state index in [-0.39, 0.29) is 71.2 Å². The molecule has 0 saturated heterocycles. The first-order valence-corrected chi connectivity index (χ1v) is 22.0. The van der Waals surface area contributed by atoms with Crippen LogP contribution in [0.15, 0.2) is 117 Å². The van der Waals surface area contributed by atoms with Crippen molar-refractivity contribution in [2.45, 2.75) is 45.0 Å². The largest absolute Gasteiger partial charge is 0.478 e. The number of nitrogens with two attached hydrogens (primary N) is 1. The number of carbonyl (C=O) groups is 4. The lowest BCUT2D eigenvalue weighted by molar-refractivity contribution is -0.138. The third-order valence-electron chi connectivity index (χ3n) is 8.60. The van der Waals surface area contributed by atoms with Crippen LogP contribution in [0.2, 0.25) is 0 Å². The lowest BCUT2D eigenvalue weighted by Crippen LogP contribution is -2.22. The number of aromatic carboxylic acids is 1. The van der Waals surface area contributed by atoms with Crippen LogP contribution >= 0.6 is 22.7 Å². The molecule has 6 aromatic rings. The van der Waals surface area contributed by atoms with Gasteiger partial charge in [0, 0.05) is 34.3 Å². The van der Waals surface area contributed by atoms with Gasteiger partial charge in [-0.3, -0.25) is 14.4 Å². The molecule has 2 aliphatic heterocycles. The Kier molecular flexibility index (Phi) is 12.9. The zero-order chi connectivity index (χ0) is 46.1. The molecule has 2 aliphatic rings. The average molecular weight is 953 g/mol. The van der Waals surface area contributed by atoms with Gasteiger partial charge in [-0.05, 0) is 60.7 Å². The maximum atomic E-state index is 12.9. The van der Waals surface area contributed by atoms with Crippen molar-refractivity contribution in [2.75, 3.05) is 10.6 Å². The zero-order valence-electron chi connectivity index (χ0n) is 31.2. The molecule has 3 amide bonds. The number of hydrogen-bond acceptors (Lipinski definition) is 13. The standard InChI is InChI=1S/C19H12F3N3O4S2.C14H9NO5S.C5H5F3N2S/c20-19(21,22)18-24-9-11(30-18)8-23-16(26)10-5-6-15-13(7-10)25-17(27)12-3-1-2-4-14(12)31(15,28)29;16-13-9-3-1-2-4-11(9)21(19,20)12-6-5-8(14(17)18)7-10(12)15-13;6-5(7,8)4-10-2-3(1-9)11-4/h1-7,9H,8H2,(H,23,26)(H,25,27);1-7H,(H,15,16)(H,17,18);2H,1,9H2. The predicted octanol–water partition coefficient (Wildman–Crippen LogP) is 6.89. The number of rotatable bonds is 5. The second kappa shape index (κ2) is 17.7. The van der Waals surface area contributed by atoms with Crippen molar-refractivity contribution in [2.24, 2.45) is 5.73 Å². The first kappa shape index (κ1) is 46.0. The van der Waals surface area contributed by atoms with E-state index in [0.29, 0.717) is 27.6 Å². The van der Waals surface area contributed by atoms with E-state index in [1.807, 2.05) is 0 Å². The molecule has 25 heteroatoms. The first-order chi connectivity index (χ1) is 29.5. The van der Waals surface area contributed by atoms with Crippen LogP contribution in [-0.2, 0) is 45.1 Å². The molecule has 0 fully saturated rings. The van der Waals surface area contributed by atoms with Crippen molar-refractivity contribution in [3.63, 3.8) is 0 Å². The summed E-state index contributed by atoms with van der Waals surface area (Å²) in [5.74, 6) is -3.08. The summed E-state index contributed by atoms with van der Waals surface area (Å²) < 4.78 is 125. The van der Waals surface area contributed by atoms with Crippen molar-refractivity contribution >= 4 is 77.4 Å². The Morgan fingerprint density at radius 2 is 1.08 bits per heavy atom. The van der Waals surface area contributed by atoms with Crippen molar-refractivity contribution in [1.29, 1.82) is 0 Å². The van der Waals surface area contributed by atoms with Gasteiger partial charge in [-0.25, -0.2) is 31.6 Å². The van der Waals surface area contributed by atoms with Crippen LogP contribution in [-0.4, -0.2) is 55.6 Å². The molecule has 15 nitrogen and oxygen atoms in total. The molecule has 2 aromatic heterocycles. The van der Waals surface area contributed by atoms with Gasteiger partial charge in [-0.1, -0.05) is 24.3 Å². The van der Waals surface area contributed by atoms with Gasteiger partial charge in [0.2, 0.25) is 19.7 Å². The molecule has 4 heterocycles. The number of fused-ring (bicyclic) bond motifs is 4. The van der Waals surface area contributed by atoms with Crippen molar-refractivity contribution < 1.29 is 67.5 Å². The second-order valence-electron chi connectivity index (χ2n) is 12.8. The Bertz CT molecular complexity index is 3030. The highest BCUT2D eigenvalue weighted by Gasteiger charge is 2.36. The fourth-order valence-electron chi connectivity index (χ4n) is 5.71. The van der Waals surface area contributed by atoms with Gasteiger partial charge in [0.1, 0.15) is 0 Å². The number of carbonyl (C=O) groups excluding carboxylic acids is 3. The summed E-state index contributed by atoms with van der Waals surface area (Å²) in [6.45, 7) is -0.0898. The fourth-order valence-corrected chi connectivity index (χ4v) is 10.3. The molecule has 0 spiro atoms. The zero-order valence-corrected chi connectivity index (χ0v) is 34.5. The van der Waals surface area contributed by atoms with Crippen LogP contribution in [0.1, 0.15) is 61.2 Å². The Balaban J connectivity index is 0.000000177. The number of anilines is 2. The number of nitrogens with one attached hydrogen (secondary N) is 3. The number of alkyl halides is 6. The molecular weight excluding hydrogens is 927 g/mol. The summed E-state index contributed by atoms with van der Waals surface area (Å²) >= 11 is 0.987. The number of benzene rings is 4. The quantitative estimate of drug-likeness (QED) is 0.111. The van der Waals surface area contributed by atoms with E-state index in [9.17, 15) is 62.4 Å². The van der Waals surface area contributed by atoms with Crippen LogP contribution in [0.5, 0.6) is 0 Å². The van der Waals surface area contributed by atoms with Crippen molar-refractivity contribution in [3.8, 4) is 0 Å². The molecule has 63 heavy (non-hydrogen) atoms. The summed E-state index contributed by atoms with van der Waals surface area (Å²) in [5.41, 5.74) is 4.96. The summed E-state index contributed by atoms with van der Waals surface area (Å²) in [6.07, 6.45) is -6.73. The van der Waals surface area contributed by atoms with Crippen LogP contribution < -0.4 is 21.7 Å². The van der Waals surface area contributed by atoms with E-state index in [4.69, 9.17) is 10.8 Å². The lowest BCUT2D eigenvalue weighted by Gasteiger charge is -2.10. The Labute approximate surface area is 359 Å². The van der Waals surface area contributed by atoms with E-state index in [2.05, 4.69) is 25.9 Å². The second-order valence-corrected chi connectivity index (χ2v) is 18.8. The number of hydrogen-bond donors (Lipinski definition) is 5. The number of carboxylic acid groups (broad SMARTS) is 1. The number of carboxylic acids is 1. The minimum Gasteiger partial charge on any atom is -0.478 e. The predicted molar refractivity (Wildman–Crippen MR) is 213 cm³/mol. The van der Waals surface area contributed by atoms with E-state index in [1.54, 1.807) is 6.07 Å². The summed E-state index contributed by atoms with van der Waals surface area (Å²) in [6, 6.07) is 18.8. The van der Waals surface area contributed by atoms with Crippen LogP contribution in [0.4, 0.5) is 37.7 Å². The molecule has 0 radical (unpaired) electrons. The topological polar surface area (TPSA) is 245 Å². The highest BCUT2D eigenvalue weighted by Crippen LogP contribution is 2.37. The van der Waals surface area contributed by atoms with Crippen molar-refractivity contribution in [1.82, 2.24) is 15.3 Å². The number of sulfone groups is 2. The minimum absolute atomic E-state index is 0.0182. The number of nitrogens with zero attached hydrogens (tertiary/aromatic N) is 2. The van der Waals surface area contributed by atoms with Gasteiger partial charge in [0.15, 0.2) is 10.0 Å². The van der Waals surface area contributed by atoms with Crippen LogP contribution in [0, 0.1) is 0 Å². The summed E-state index contributed by atoms with van der Waals surface area (Å²) in [4.78, 5) is 54.6. The molecule has 8 rings (SSSR count). The van der Waals surface area contributed by atoms with Gasteiger partial charge >= 0.3 is 18.3 Å². The number of thiazole rings is 2. The minimum atomic E-state index is -4.56. The molecule has 0 atom stereocenters. The first-order valence-electron chi connectivity index (χ1n) is 17.4. The highest BCUT2D eigenvalue weighted by molar-refractivity contribution is 7.92. The molecule has 0 bridgehead atoms. The third kappa shape index (κ3) is 9.91. The summed E-state index contributed by atoms with van der Waals surface area (Å²) in [7, 11) is -7.90. The van der Waals surface area contributed by atoms with Gasteiger partial charge < -0.3 is 26.8 Å². The molecule has 0 unspecified atom stereocenters. The highest BCUT2D eigenvalue weighted by atomic mass is 32.2. The maximum Gasteiger partial charge on any atom is 0.443 e. The molecule has 6 N–H and O–H groups in total. The van der Waals surface area contributed by atoms with Gasteiger partial charge in [-0.15, -0.1) is 22.7 Å². The fraction of sp³-hybridized carbons (Fsp3) is 0.105. The van der Waals surface area contributed by atoms with E-state index < -0.39 is 65.7 Å². The van der Waals surface area contributed by atoms with Gasteiger partial charge in [-0.2, -0.15) is 26.3 Å². The Hall–Kier alpha value is -6.54. The van der Waals surface area contributed by atoms with E-state index >= 15 is 0 Å².